The molecule has 22 heavy (non-hydrogen) atoms. The van der Waals surface area contributed by atoms with Crippen LogP contribution in [0.25, 0.3) is 5.69 Å². The molecule has 0 amide bonds. The van der Waals surface area contributed by atoms with E-state index in [0.29, 0.717) is 12.4 Å². The van der Waals surface area contributed by atoms with Crippen molar-refractivity contribution in [2.45, 2.75) is 44.2 Å². The van der Waals surface area contributed by atoms with Gasteiger partial charge in [0.15, 0.2) is 15.7 Å². The van der Waals surface area contributed by atoms with Crippen LogP contribution in [0.5, 0.6) is 0 Å². The first-order chi connectivity index (χ1) is 10.2. The summed E-state index contributed by atoms with van der Waals surface area (Å²) in [7, 11) is -3.20. The fourth-order valence-corrected chi connectivity index (χ4v) is 2.42. The number of hydrogen-bond donors (Lipinski definition) is 1. The Labute approximate surface area is 130 Å². The van der Waals surface area contributed by atoms with E-state index in [9.17, 15) is 8.42 Å². The van der Waals surface area contributed by atoms with Gasteiger partial charge in [-0.1, -0.05) is 6.92 Å². The summed E-state index contributed by atoms with van der Waals surface area (Å²) < 4.78 is 24.6. The molecule has 0 fully saturated rings. The number of nitrogens with one attached hydrogen (secondary N) is 1. The van der Waals surface area contributed by atoms with Gasteiger partial charge in [0.05, 0.1) is 17.1 Å². The average molecular weight is 323 g/mol. The zero-order valence-corrected chi connectivity index (χ0v) is 14.1. The molecule has 120 valence electrons. The van der Waals surface area contributed by atoms with Gasteiger partial charge in [-0.25, -0.2) is 8.42 Å². The van der Waals surface area contributed by atoms with Crippen LogP contribution in [-0.2, 0) is 16.4 Å². The maximum Gasteiger partial charge on any atom is 0.175 e. The number of nitrogens with zero attached hydrogens (tertiary/aromatic N) is 4. The van der Waals surface area contributed by atoms with Crippen molar-refractivity contribution in [2.24, 2.45) is 0 Å². The van der Waals surface area contributed by atoms with E-state index < -0.39 is 9.84 Å². The number of hydrogen-bond acceptors (Lipinski definition) is 6. The van der Waals surface area contributed by atoms with E-state index in [1.54, 1.807) is 28.9 Å². The van der Waals surface area contributed by atoms with Crippen molar-refractivity contribution in [3.05, 3.63) is 30.1 Å². The van der Waals surface area contributed by atoms with Gasteiger partial charge < -0.3 is 5.32 Å². The zero-order valence-electron chi connectivity index (χ0n) is 13.2. The van der Waals surface area contributed by atoms with Crippen LogP contribution in [0.3, 0.4) is 0 Å². The van der Waals surface area contributed by atoms with Crippen LogP contribution < -0.4 is 5.32 Å². The third-order valence-corrected chi connectivity index (χ3v) is 4.78. The summed E-state index contributed by atoms with van der Waals surface area (Å²) in [6.45, 7) is 6.87. The minimum Gasteiger partial charge on any atom is -0.305 e. The summed E-state index contributed by atoms with van der Waals surface area (Å²) in [5, 5.41) is 15.1. The molecular weight excluding hydrogens is 302 g/mol. The highest BCUT2D eigenvalue weighted by Crippen LogP contribution is 2.14. The van der Waals surface area contributed by atoms with Crippen LogP contribution in [-0.4, -0.2) is 40.4 Å². The fraction of sp³-hybridized carbons (Fsp3) is 0.500. The first-order valence-corrected chi connectivity index (χ1v) is 8.95. The molecule has 0 saturated heterocycles. The van der Waals surface area contributed by atoms with Crippen molar-refractivity contribution >= 4 is 9.84 Å². The second kappa shape index (κ2) is 6.13. The third kappa shape index (κ3) is 3.89. The molecule has 0 bridgehead atoms. The molecular formula is C14H21N5O2S. The quantitative estimate of drug-likeness (QED) is 0.863. The largest absolute Gasteiger partial charge is 0.305 e. The molecule has 0 spiro atoms. The van der Waals surface area contributed by atoms with Gasteiger partial charge in [0, 0.05) is 11.8 Å². The Balaban J connectivity index is 2.22. The molecule has 8 heteroatoms. The lowest BCUT2D eigenvalue weighted by molar-refractivity contribution is 0.368. The van der Waals surface area contributed by atoms with Crippen LogP contribution in [0, 0.1) is 0 Å². The normalized spacial score (nSPS) is 12.5. The predicted molar refractivity (Wildman–Crippen MR) is 83.5 cm³/mol. The van der Waals surface area contributed by atoms with Gasteiger partial charge in [0.25, 0.3) is 0 Å². The molecule has 1 heterocycles. The lowest BCUT2D eigenvalue weighted by Gasteiger charge is -2.24. The van der Waals surface area contributed by atoms with E-state index >= 15 is 0 Å². The van der Waals surface area contributed by atoms with Gasteiger partial charge >= 0.3 is 0 Å². The Kier molecular flexibility index (Phi) is 4.62. The lowest BCUT2D eigenvalue weighted by atomic mass is 10.0. The zero-order chi connectivity index (χ0) is 16.4. The molecule has 7 nitrogen and oxygen atoms in total. The van der Waals surface area contributed by atoms with E-state index in [2.05, 4.69) is 41.6 Å². The molecule has 0 radical (unpaired) electrons. The van der Waals surface area contributed by atoms with Crippen molar-refractivity contribution in [1.82, 2.24) is 25.5 Å². The van der Waals surface area contributed by atoms with E-state index in [0.717, 1.165) is 12.1 Å². The van der Waals surface area contributed by atoms with Crippen LogP contribution in [0.4, 0.5) is 0 Å². The summed E-state index contributed by atoms with van der Waals surface area (Å²) in [5.74, 6) is 0.675. The monoisotopic (exact) mass is 323 g/mol. The minimum atomic E-state index is -3.20. The van der Waals surface area contributed by atoms with Crippen molar-refractivity contribution in [3.63, 3.8) is 0 Å². The molecule has 0 atom stereocenters. The van der Waals surface area contributed by atoms with E-state index in [-0.39, 0.29) is 10.4 Å². The summed E-state index contributed by atoms with van der Waals surface area (Å²) >= 11 is 0. The van der Waals surface area contributed by atoms with Crippen LogP contribution in [0.1, 0.15) is 33.0 Å². The minimum absolute atomic E-state index is 0.00305. The van der Waals surface area contributed by atoms with E-state index in [1.165, 1.54) is 6.26 Å². The van der Waals surface area contributed by atoms with Gasteiger partial charge in [-0.15, -0.1) is 5.10 Å². The summed E-state index contributed by atoms with van der Waals surface area (Å²) in [6, 6.07) is 6.50. The molecule has 0 saturated carbocycles. The molecule has 1 aromatic heterocycles. The molecule has 2 rings (SSSR count). The Bertz CT molecular complexity index is 735. The molecule has 0 aliphatic rings. The van der Waals surface area contributed by atoms with E-state index in [4.69, 9.17) is 0 Å². The summed E-state index contributed by atoms with van der Waals surface area (Å²) in [6.07, 6.45) is 2.17. The summed E-state index contributed by atoms with van der Waals surface area (Å²) in [4.78, 5) is 0.274. The Morgan fingerprint density at radius 1 is 1.23 bits per heavy atom. The Hall–Kier alpha value is -1.80. The SMILES string of the molecule is CCC(C)(C)NCc1nnnn1-c1ccc(S(C)(=O)=O)cc1. The van der Waals surface area contributed by atoms with Gasteiger partial charge in [0.1, 0.15) is 0 Å². The maximum absolute atomic E-state index is 11.5. The number of sulfone groups is 1. The van der Waals surface area contributed by atoms with Crippen LogP contribution in [0.2, 0.25) is 0 Å². The first kappa shape index (κ1) is 16.6. The Morgan fingerprint density at radius 2 is 1.86 bits per heavy atom. The smallest absolute Gasteiger partial charge is 0.175 e. The summed E-state index contributed by atoms with van der Waals surface area (Å²) in [5.41, 5.74) is 0.722. The number of tetrazole rings is 1. The number of benzene rings is 1. The van der Waals surface area contributed by atoms with Crippen molar-refractivity contribution in [1.29, 1.82) is 0 Å². The highest BCUT2D eigenvalue weighted by Gasteiger charge is 2.16. The average Bonchev–Trinajstić information content (AvgIpc) is 2.93. The highest BCUT2D eigenvalue weighted by atomic mass is 32.2. The van der Waals surface area contributed by atoms with E-state index in [1.807, 2.05) is 0 Å². The van der Waals surface area contributed by atoms with Crippen molar-refractivity contribution < 1.29 is 8.42 Å². The third-order valence-electron chi connectivity index (χ3n) is 3.65. The van der Waals surface area contributed by atoms with Gasteiger partial charge in [-0.3, -0.25) is 0 Å². The Morgan fingerprint density at radius 3 is 2.41 bits per heavy atom. The van der Waals surface area contributed by atoms with Crippen molar-refractivity contribution in [3.8, 4) is 5.69 Å². The van der Waals surface area contributed by atoms with Crippen LogP contribution in [0.15, 0.2) is 29.2 Å². The second-order valence-corrected chi connectivity index (χ2v) is 7.88. The molecule has 0 aliphatic heterocycles. The maximum atomic E-state index is 11.5. The molecule has 0 aliphatic carbocycles. The first-order valence-electron chi connectivity index (χ1n) is 7.06. The van der Waals surface area contributed by atoms with Gasteiger partial charge in [0.2, 0.25) is 0 Å². The van der Waals surface area contributed by atoms with Gasteiger partial charge in [-0.2, -0.15) is 4.68 Å². The standard InChI is InChI=1S/C14H21N5O2S/c1-5-14(2,3)15-10-13-16-17-18-19(13)11-6-8-12(9-7-11)22(4,20)21/h6-9,15H,5,10H2,1-4H3. The van der Waals surface area contributed by atoms with Crippen molar-refractivity contribution in [2.75, 3.05) is 6.26 Å². The molecule has 0 unspecified atom stereocenters. The number of rotatable bonds is 6. The molecule has 2 aromatic rings. The van der Waals surface area contributed by atoms with Gasteiger partial charge in [-0.05, 0) is 55.0 Å². The second-order valence-electron chi connectivity index (χ2n) is 5.86. The highest BCUT2D eigenvalue weighted by molar-refractivity contribution is 7.90. The topological polar surface area (TPSA) is 89.8 Å². The fourth-order valence-electron chi connectivity index (χ4n) is 1.79. The van der Waals surface area contributed by atoms with Crippen LogP contribution >= 0.6 is 0 Å². The lowest BCUT2D eigenvalue weighted by Crippen LogP contribution is -2.38. The molecule has 1 aromatic carbocycles. The molecule has 1 N–H and O–H groups in total. The number of aromatic nitrogens is 4. The predicted octanol–water partition coefficient (Wildman–Crippen LogP) is 1.34.